The lowest BCUT2D eigenvalue weighted by Crippen LogP contribution is -2.04. The van der Waals surface area contributed by atoms with Gasteiger partial charge in [0.15, 0.2) is 0 Å². The van der Waals surface area contributed by atoms with Crippen LogP contribution in [0, 0.1) is 7.14 Å². The van der Waals surface area contributed by atoms with Gasteiger partial charge in [0, 0.05) is 12.1 Å². The normalized spacial score (nSPS) is 10.9. The van der Waals surface area contributed by atoms with Crippen LogP contribution in [-0.2, 0) is 0 Å². The highest BCUT2D eigenvalue weighted by molar-refractivity contribution is 14.1. The molecule has 142 valence electrons. The molecule has 2 aromatic carbocycles. The SMILES string of the molecule is Clc1cc(OCCCCOc2cc(Cl)c(Cl)c(Cl)c2I)c(I)c(Cl)c1Cl. The predicted molar refractivity (Wildman–Crippen MR) is 129 cm³/mol. The van der Waals surface area contributed by atoms with Crippen LogP contribution in [0.5, 0.6) is 11.5 Å². The summed E-state index contributed by atoms with van der Waals surface area (Å²) in [5, 5.41) is 2.16. The van der Waals surface area contributed by atoms with E-state index in [2.05, 4.69) is 45.2 Å². The summed E-state index contributed by atoms with van der Waals surface area (Å²) in [5.41, 5.74) is 0. The first-order valence-corrected chi connectivity index (χ1v) is 11.6. The van der Waals surface area contributed by atoms with Crippen molar-refractivity contribution in [1.29, 1.82) is 0 Å². The van der Waals surface area contributed by atoms with Crippen molar-refractivity contribution in [2.45, 2.75) is 12.8 Å². The van der Waals surface area contributed by atoms with E-state index in [-0.39, 0.29) is 0 Å². The highest BCUT2D eigenvalue weighted by Crippen LogP contribution is 2.40. The van der Waals surface area contributed by atoms with Gasteiger partial charge in [0.05, 0.1) is 50.5 Å². The smallest absolute Gasteiger partial charge is 0.135 e. The quantitative estimate of drug-likeness (QED) is 0.124. The Morgan fingerprint density at radius 2 is 0.962 bits per heavy atom. The molecule has 0 heterocycles. The maximum absolute atomic E-state index is 6.11. The van der Waals surface area contributed by atoms with E-state index in [1.165, 1.54) is 0 Å². The van der Waals surface area contributed by atoms with Gasteiger partial charge in [0.1, 0.15) is 11.5 Å². The Balaban J connectivity index is 1.82. The van der Waals surface area contributed by atoms with Crippen molar-refractivity contribution in [3.8, 4) is 11.5 Å². The fourth-order valence-electron chi connectivity index (χ4n) is 1.88. The van der Waals surface area contributed by atoms with Crippen LogP contribution >= 0.6 is 115 Å². The third-order valence-electron chi connectivity index (χ3n) is 3.19. The Hall–Kier alpha value is 1.24. The minimum atomic E-state index is 0.327. The number of hydrogen-bond donors (Lipinski definition) is 0. The molecule has 0 aliphatic rings. The first-order chi connectivity index (χ1) is 12.2. The number of unbranched alkanes of at least 4 members (excludes halogenated alkanes) is 1. The molecule has 0 fully saturated rings. The third kappa shape index (κ3) is 5.88. The van der Waals surface area contributed by atoms with Gasteiger partial charge in [0.25, 0.3) is 0 Å². The maximum Gasteiger partial charge on any atom is 0.135 e. The molecule has 0 saturated heterocycles. The zero-order valence-electron chi connectivity index (χ0n) is 12.8. The number of ether oxygens (including phenoxy) is 2. The monoisotopic (exact) mass is 698 g/mol. The molecule has 26 heavy (non-hydrogen) atoms. The van der Waals surface area contributed by atoms with E-state index in [4.69, 9.17) is 79.1 Å². The van der Waals surface area contributed by atoms with Crippen LogP contribution in [0.15, 0.2) is 12.1 Å². The Bertz CT molecular complexity index is 749. The number of halogens is 8. The van der Waals surface area contributed by atoms with Crippen molar-refractivity contribution in [3.63, 3.8) is 0 Å². The van der Waals surface area contributed by atoms with Crippen molar-refractivity contribution in [2.24, 2.45) is 0 Å². The van der Waals surface area contributed by atoms with Gasteiger partial charge in [-0.2, -0.15) is 0 Å². The summed E-state index contributed by atoms with van der Waals surface area (Å²) in [4.78, 5) is 0. The minimum absolute atomic E-state index is 0.327. The molecule has 0 N–H and O–H groups in total. The Morgan fingerprint density at radius 3 is 1.31 bits per heavy atom. The van der Waals surface area contributed by atoms with Crippen LogP contribution in [0.2, 0.25) is 30.1 Å². The summed E-state index contributed by atoms with van der Waals surface area (Å²) < 4.78 is 12.9. The average molecular weight is 701 g/mol. The van der Waals surface area contributed by atoms with Gasteiger partial charge in [-0.3, -0.25) is 0 Å². The summed E-state index contributed by atoms with van der Waals surface area (Å²) in [5.74, 6) is 1.22. The second-order valence-electron chi connectivity index (χ2n) is 5.00. The standard InChI is InChI=1S/C16H10Cl6I2O2/c17-7-5-9(15(23)13(21)11(7)19)25-3-1-2-4-26-10-6-8(18)12(20)14(22)16(10)24/h5-6H,1-4H2. The molecule has 0 atom stereocenters. The van der Waals surface area contributed by atoms with Crippen molar-refractivity contribution in [3.05, 3.63) is 49.4 Å². The molecular weight excluding hydrogens is 691 g/mol. The van der Waals surface area contributed by atoms with Gasteiger partial charge in [0.2, 0.25) is 0 Å². The van der Waals surface area contributed by atoms with Gasteiger partial charge in [-0.1, -0.05) is 69.6 Å². The van der Waals surface area contributed by atoms with Gasteiger partial charge in [-0.05, 0) is 58.0 Å². The summed E-state index contributed by atoms with van der Waals surface area (Å²) in [7, 11) is 0. The molecule has 0 saturated carbocycles. The second kappa shape index (κ2) is 10.9. The second-order valence-corrected chi connectivity index (χ2v) is 9.48. The van der Waals surface area contributed by atoms with E-state index in [0.717, 1.165) is 20.0 Å². The number of rotatable bonds is 7. The highest BCUT2D eigenvalue weighted by Gasteiger charge is 2.15. The minimum Gasteiger partial charge on any atom is -0.492 e. The molecule has 0 spiro atoms. The van der Waals surface area contributed by atoms with E-state index in [9.17, 15) is 0 Å². The predicted octanol–water partition coefficient (Wildman–Crippen LogP) is 9.05. The molecule has 0 amide bonds. The van der Waals surface area contributed by atoms with Crippen molar-refractivity contribution >= 4 is 115 Å². The highest BCUT2D eigenvalue weighted by atomic mass is 127. The Morgan fingerprint density at radius 1 is 0.615 bits per heavy atom. The van der Waals surface area contributed by atoms with Crippen molar-refractivity contribution in [2.75, 3.05) is 13.2 Å². The first-order valence-electron chi connectivity index (χ1n) is 7.15. The Labute approximate surface area is 209 Å². The van der Waals surface area contributed by atoms with E-state index in [1.54, 1.807) is 12.1 Å². The third-order valence-corrected chi connectivity index (χ3v) is 8.50. The zero-order valence-corrected chi connectivity index (χ0v) is 21.7. The van der Waals surface area contributed by atoms with Crippen LogP contribution in [0.3, 0.4) is 0 Å². The van der Waals surface area contributed by atoms with Gasteiger partial charge in [-0.25, -0.2) is 0 Å². The lowest BCUT2D eigenvalue weighted by Gasteiger charge is -2.13. The molecular formula is C16H10Cl6I2O2. The zero-order chi connectivity index (χ0) is 19.4. The lowest BCUT2D eigenvalue weighted by atomic mass is 10.3. The molecule has 0 radical (unpaired) electrons. The molecule has 0 aliphatic carbocycles. The van der Waals surface area contributed by atoms with Crippen molar-refractivity contribution < 1.29 is 9.47 Å². The molecule has 0 bridgehead atoms. The molecule has 2 rings (SSSR count). The molecule has 10 heteroatoms. The first kappa shape index (κ1) is 23.5. The Kier molecular flexibility index (Phi) is 9.82. The summed E-state index contributed by atoms with van der Waals surface area (Å²) in [6.45, 7) is 0.986. The fraction of sp³-hybridized carbons (Fsp3) is 0.250. The summed E-state index contributed by atoms with van der Waals surface area (Å²) in [6, 6.07) is 3.32. The molecule has 0 aromatic heterocycles. The maximum atomic E-state index is 6.11. The van der Waals surface area contributed by atoms with Crippen LogP contribution in [0.25, 0.3) is 0 Å². The van der Waals surface area contributed by atoms with Crippen LogP contribution in [-0.4, -0.2) is 13.2 Å². The number of hydrogen-bond acceptors (Lipinski definition) is 2. The van der Waals surface area contributed by atoms with Gasteiger partial charge < -0.3 is 9.47 Å². The van der Waals surface area contributed by atoms with Gasteiger partial charge >= 0.3 is 0 Å². The van der Waals surface area contributed by atoms with Crippen LogP contribution < -0.4 is 9.47 Å². The van der Waals surface area contributed by atoms with Crippen molar-refractivity contribution in [1.82, 2.24) is 0 Å². The van der Waals surface area contributed by atoms with Crippen LogP contribution in [0.1, 0.15) is 12.8 Å². The fourth-order valence-corrected chi connectivity index (χ4v) is 4.53. The van der Waals surface area contributed by atoms with E-state index >= 15 is 0 Å². The average Bonchev–Trinajstić information content (AvgIpc) is 2.62. The van der Waals surface area contributed by atoms with Crippen LogP contribution in [0.4, 0.5) is 0 Å². The van der Waals surface area contributed by atoms with E-state index in [0.29, 0.717) is 54.8 Å². The number of benzene rings is 2. The largest absolute Gasteiger partial charge is 0.492 e. The molecule has 0 unspecified atom stereocenters. The molecule has 2 nitrogen and oxygen atoms in total. The molecule has 2 aromatic rings. The van der Waals surface area contributed by atoms with E-state index < -0.39 is 0 Å². The summed E-state index contributed by atoms with van der Waals surface area (Å²) >= 11 is 40.4. The lowest BCUT2D eigenvalue weighted by molar-refractivity contribution is 0.264. The van der Waals surface area contributed by atoms with Gasteiger partial charge in [-0.15, -0.1) is 0 Å². The topological polar surface area (TPSA) is 18.5 Å². The summed E-state index contributed by atoms with van der Waals surface area (Å²) in [6.07, 6.45) is 1.55. The molecule has 0 aliphatic heterocycles. The van der Waals surface area contributed by atoms with E-state index in [1.807, 2.05) is 0 Å².